The minimum absolute atomic E-state index is 0.391. The first kappa shape index (κ1) is 14.5. The van der Waals surface area contributed by atoms with Crippen LogP contribution >= 0.6 is 0 Å². The molecule has 2 heteroatoms. The Balaban J connectivity index is 2.15. The molecule has 100 valence electrons. The highest BCUT2D eigenvalue weighted by Crippen LogP contribution is 2.18. The number of hydrogen-bond acceptors (Lipinski definition) is 1. The average molecular weight is 239 g/mol. The van der Waals surface area contributed by atoms with Crippen molar-refractivity contribution >= 4 is 5.91 Å². The lowest BCUT2D eigenvalue weighted by Gasteiger charge is -2.27. The van der Waals surface area contributed by atoms with Crippen LogP contribution < -0.4 is 0 Å². The van der Waals surface area contributed by atoms with E-state index in [4.69, 9.17) is 0 Å². The molecule has 17 heavy (non-hydrogen) atoms. The molecule has 0 radical (unpaired) electrons. The zero-order valence-electron chi connectivity index (χ0n) is 11.9. The van der Waals surface area contributed by atoms with Gasteiger partial charge in [-0.2, -0.15) is 0 Å². The predicted molar refractivity (Wildman–Crippen MR) is 72.9 cm³/mol. The van der Waals surface area contributed by atoms with Crippen molar-refractivity contribution in [1.82, 2.24) is 4.90 Å². The van der Waals surface area contributed by atoms with Crippen LogP contribution in [0.2, 0.25) is 0 Å². The maximum Gasteiger partial charge on any atom is 0.222 e. The average Bonchev–Trinajstić information content (AvgIpc) is 2.29. The maximum absolute atomic E-state index is 12.0. The van der Waals surface area contributed by atoms with Gasteiger partial charge in [-0.25, -0.2) is 0 Å². The van der Waals surface area contributed by atoms with E-state index in [9.17, 15) is 4.79 Å². The molecule has 0 aromatic carbocycles. The lowest BCUT2D eigenvalue weighted by Crippen LogP contribution is -2.36. The molecule has 1 aliphatic rings. The lowest BCUT2D eigenvalue weighted by molar-refractivity contribution is -0.133. The van der Waals surface area contributed by atoms with Gasteiger partial charge in [0, 0.05) is 19.5 Å². The Morgan fingerprint density at radius 1 is 1.06 bits per heavy atom. The van der Waals surface area contributed by atoms with Crippen molar-refractivity contribution in [3.05, 3.63) is 0 Å². The fraction of sp³-hybridized carbons (Fsp3) is 0.933. The number of piperidine rings is 1. The van der Waals surface area contributed by atoms with Crippen LogP contribution in [0.1, 0.15) is 65.7 Å². The van der Waals surface area contributed by atoms with Gasteiger partial charge >= 0.3 is 0 Å². The van der Waals surface area contributed by atoms with Crippen molar-refractivity contribution in [3.63, 3.8) is 0 Å². The summed E-state index contributed by atoms with van der Waals surface area (Å²) in [5.41, 5.74) is 0. The summed E-state index contributed by atoms with van der Waals surface area (Å²) in [7, 11) is 0. The number of nitrogens with zero attached hydrogens (tertiary/aromatic N) is 1. The number of carbonyl (C=O) groups is 1. The highest BCUT2D eigenvalue weighted by molar-refractivity contribution is 5.76. The van der Waals surface area contributed by atoms with Crippen LogP contribution in [0.3, 0.4) is 0 Å². The summed E-state index contributed by atoms with van der Waals surface area (Å²) in [4.78, 5) is 14.1. The Kier molecular flexibility index (Phi) is 6.61. The molecule has 1 atom stereocenters. The first-order chi connectivity index (χ1) is 8.09. The van der Waals surface area contributed by atoms with Gasteiger partial charge in [0.1, 0.15) is 0 Å². The molecule has 1 heterocycles. The van der Waals surface area contributed by atoms with Gasteiger partial charge in [0.25, 0.3) is 0 Å². The number of rotatable bonds is 6. The molecule has 1 aliphatic heterocycles. The third-order valence-corrected chi connectivity index (χ3v) is 3.71. The Hall–Kier alpha value is -0.530. The highest BCUT2D eigenvalue weighted by atomic mass is 16.2. The third-order valence-electron chi connectivity index (χ3n) is 3.71. The Labute approximate surface area is 107 Å². The third kappa shape index (κ3) is 6.09. The SMILES string of the molecule is CC(C)CCCC(C)CC(=O)N1CCCCC1. The summed E-state index contributed by atoms with van der Waals surface area (Å²) in [5.74, 6) is 1.74. The fourth-order valence-electron chi connectivity index (χ4n) is 2.55. The lowest BCUT2D eigenvalue weighted by atomic mass is 9.96. The van der Waals surface area contributed by atoms with Gasteiger partial charge in [-0.15, -0.1) is 0 Å². The number of likely N-dealkylation sites (tertiary alicyclic amines) is 1. The van der Waals surface area contributed by atoms with Gasteiger partial charge in [0.2, 0.25) is 5.91 Å². The minimum atomic E-state index is 0.391. The van der Waals surface area contributed by atoms with Gasteiger partial charge in [-0.05, 0) is 31.1 Å². The van der Waals surface area contributed by atoms with E-state index in [2.05, 4.69) is 25.7 Å². The first-order valence-corrected chi connectivity index (χ1v) is 7.37. The van der Waals surface area contributed by atoms with Crippen molar-refractivity contribution in [3.8, 4) is 0 Å². The molecule has 0 spiro atoms. The molecule has 1 fully saturated rings. The summed E-state index contributed by atoms with van der Waals surface area (Å²) in [5, 5.41) is 0. The predicted octanol–water partition coefficient (Wildman–Crippen LogP) is 3.85. The summed E-state index contributed by atoms with van der Waals surface area (Å²) in [6, 6.07) is 0. The molecule has 0 bridgehead atoms. The fourth-order valence-corrected chi connectivity index (χ4v) is 2.55. The summed E-state index contributed by atoms with van der Waals surface area (Å²) in [6.07, 6.45) is 8.23. The molecule has 1 saturated heterocycles. The van der Waals surface area contributed by atoms with Gasteiger partial charge < -0.3 is 4.90 Å². The zero-order valence-corrected chi connectivity index (χ0v) is 11.9. The van der Waals surface area contributed by atoms with Gasteiger partial charge in [-0.3, -0.25) is 4.79 Å². The molecule has 1 rings (SSSR count). The van der Waals surface area contributed by atoms with Crippen molar-refractivity contribution in [2.75, 3.05) is 13.1 Å². The standard InChI is InChI=1S/C15H29NO/c1-13(2)8-7-9-14(3)12-15(17)16-10-5-4-6-11-16/h13-14H,4-12H2,1-3H3. The van der Waals surface area contributed by atoms with Gasteiger partial charge in [-0.1, -0.05) is 40.0 Å². The molecular weight excluding hydrogens is 210 g/mol. The molecule has 0 N–H and O–H groups in total. The van der Waals surface area contributed by atoms with E-state index in [-0.39, 0.29) is 0 Å². The van der Waals surface area contributed by atoms with Crippen LogP contribution in [-0.2, 0) is 4.79 Å². The molecular formula is C15H29NO. The monoisotopic (exact) mass is 239 g/mol. The van der Waals surface area contributed by atoms with E-state index in [0.717, 1.165) is 25.4 Å². The Morgan fingerprint density at radius 3 is 2.29 bits per heavy atom. The molecule has 2 nitrogen and oxygen atoms in total. The van der Waals surface area contributed by atoms with Crippen molar-refractivity contribution < 1.29 is 4.79 Å². The number of amides is 1. The molecule has 1 unspecified atom stereocenters. The second-order valence-corrected chi connectivity index (χ2v) is 6.08. The first-order valence-electron chi connectivity index (χ1n) is 7.37. The van der Waals surface area contributed by atoms with Crippen LogP contribution in [0.4, 0.5) is 0 Å². The van der Waals surface area contributed by atoms with Gasteiger partial charge in [0.05, 0.1) is 0 Å². The Morgan fingerprint density at radius 2 is 1.71 bits per heavy atom. The molecule has 0 aromatic rings. The van der Waals surface area contributed by atoms with Crippen molar-refractivity contribution in [2.24, 2.45) is 11.8 Å². The van der Waals surface area contributed by atoms with E-state index in [1.165, 1.54) is 38.5 Å². The van der Waals surface area contributed by atoms with Crippen LogP contribution in [0.15, 0.2) is 0 Å². The van der Waals surface area contributed by atoms with E-state index in [0.29, 0.717) is 11.8 Å². The number of hydrogen-bond donors (Lipinski definition) is 0. The van der Waals surface area contributed by atoms with E-state index >= 15 is 0 Å². The summed E-state index contributed by atoms with van der Waals surface area (Å²) >= 11 is 0. The minimum Gasteiger partial charge on any atom is -0.343 e. The molecule has 0 aliphatic carbocycles. The second kappa shape index (κ2) is 7.73. The summed E-state index contributed by atoms with van der Waals surface area (Å²) in [6.45, 7) is 8.75. The number of carbonyl (C=O) groups excluding carboxylic acids is 1. The topological polar surface area (TPSA) is 20.3 Å². The smallest absolute Gasteiger partial charge is 0.222 e. The normalized spacial score (nSPS) is 18.5. The van der Waals surface area contributed by atoms with Crippen LogP contribution in [0.5, 0.6) is 0 Å². The van der Waals surface area contributed by atoms with Crippen LogP contribution in [0.25, 0.3) is 0 Å². The van der Waals surface area contributed by atoms with E-state index in [1.54, 1.807) is 0 Å². The van der Waals surface area contributed by atoms with Crippen LogP contribution in [0, 0.1) is 11.8 Å². The van der Waals surface area contributed by atoms with Crippen molar-refractivity contribution in [1.29, 1.82) is 0 Å². The Bertz CT molecular complexity index is 219. The van der Waals surface area contributed by atoms with E-state index in [1.807, 2.05) is 0 Å². The highest BCUT2D eigenvalue weighted by Gasteiger charge is 2.18. The molecule has 0 saturated carbocycles. The zero-order chi connectivity index (χ0) is 12.7. The van der Waals surface area contributed by atoms with Crippen LogP contribution in [-0.4, -0.2) is 23.9 Å². The maximum atomic E-state index is 12.0. The van der Waals surface area contributed by atoms with Gasteiger partial charge in [0.15, 0.2) is 0 Å². The molecule has 0 aromatic heterocycles. The quantitative estimate of drug-likeness (QED) is 0.689. The van der Waals surface area contributed by atoms with Crippen molar-refractivity contribution in [2.45, 2.75) is 65.7 Å². The van der Waals surface area contributed by atoms with E-state index < -0.39 is 0 Å². The molecule has 1 amide bonds. The summed E-state index contributed by atoms with van der Waals surface area (Å²) < 4.78 is 0. The largest absolute Gasteiger partial charge is 0.343 e. The second-order valence-electron chi connectivity index (χ2n) is 6.08.